The minimum Gasteiger partial charge on any atom is -0.396 e. The summed E-state index contributed by atoms with van der Waals surface area (Å²) in [5, 5.41) is 9.33. The molecule has 1 saturated heterocycles. The van der Waals surface area contributed by atoms with E-state index in [2.05, 4.69) is 4.90 Å². The van der Waals surface area contributed by atoms with Gasteiger partial charge in [-0.05, 0) is 49.9 Å². The molecule has 0 aliphatic carbocycles. The Morgan fingerprint density at radius 3 is 2.68 bits per heavy atom. The molecule has 2 rings (SSSR count). The number of nitrogens with two attached hydrogens (primary N) is 1. The van der Waals surface area contributed by atoms with E-state index in [1.807, 2.05) is 19.1 Å². The maximum Gasteiger partial charge on any atom is 0.123 e. The maximum absolute atomic E-state index is 13.0. The lowest BCUT2D eigenvalue weighted by atomic mass is 9.92. The Morgan fingerprint density at radius 1 is 1.42 bits per heavy atom. The van der Waals surface area contributed by atoms with E-state index in [1.54, 1.807) is 0 Å². The highest BCUT2D eigenvalue weighted by Crippen LogP contribution is 2.28. The largest absolute Gasteiger partial charge is 0.396 e. The third-order valence-corrected chi connectivity index (χ3v) is 3.91. The zero-order chi connectivity index (χ0) is 13.8. The van der Waals surface area contributed by atoms with E-state index in [-0.39, 0.29) is 24.5 Å². The second-order valence-corrected chi connectivity index (χ2v) is 5.54. The van der Waals surface area contributed by atoms with Crippen molar-refractivity contribution in [2.45, 2.75) is 31.8 Å². The highest BCUT2D eigenvalue weighted by Gasteiger charge is 2.28. The number of aliphatic hydroxyl groups is 1. The molecular weight excluding hydrogens is 243 g/mol. The van der Waals surface area contributed by atoms with E-state index in [1.165, 1.54) is 12.1 Å². The molecule has 3 atom stereocenters. The number of piperidine rings is 1. The second-order valence-electron chi connectivity index (χ2n) is 5.54. The number of nitrogens with zero attached hydrogens (tertiary/aromatic N) is 1. The Balaban J connectivity index is 2.17. The highest BCUT2D eigenvalue weighted by molar-refractivity contribution is 5.21. The number of hydrogen-bond donors (Lipinski definition) is 2. The fourth-order valence-corrected chi connectivity index (χ4v) is 3.01. The first-order valence-electron chi connectivity index (χ1n) is 6.97. The van der Waals surface area contributed by atoms with Gasteiger partial charge in [0, 0.05) is 25.2 Å². The number of hydrogen-bond acceptors (Lipinski definition) is 3. The van der Waals surface area contributed by atoms with Crippen LogP contribution < -0.4 is 5.73 Å². The van der Waals surface area contributed by atoms with Gasteiger partial charge in [-0.1, -0.05) is 12.1 Å². The molecule has 106 valence electrons. The first kappa shape index (κ1) is 14.4. The van der Waals surface area contributed by atoms with Crippen LogP contribution in [0.5, 0.6) is 0 Å². The fraction of sp³-hybridized carbons (Fsp3) is 0.600. The molecule has 0 amide bonds. The molecule has 1 fully saturated rings. The zero-order valence-electron chi connectivity index (χ0n) is 11.4. The van der Waals surface area contributed by atoms with Crippen LogP contribution in [0.15, 0.2) is 24.3 Å². The van der Waals surface area contributed by atoms with Crippen molar-refractivity contribution in [2.75, 3.05) is 19.7 Å². The third-order valence-electron chi connectivity index (χ3n) is 3.91. The summed E-state index contributed by atoms with van der Waals surface area (Å²) in [5.41, 5.74) is 7.18. The van der Waals surface area contributed by atoms with Gasteiger partial charge in [-0.25, -0.2) is 4.39 Å². The predicted molar refractivity (Wildman–Crippen MR) is 74.2 cm³/mol. The average molecular weight is 266 g/mol. The summed E-state index contributed by atoms with van der Waals surface area (Å²) in [4.78, 5) is 2.32. The maximum atomic E-state index is 13.0. The molecule has 4 heteroatoms. The van der Waals surface area contributed by atoms with Gasteiger partial charge in [0.2, 0.25) is 0 Å². The fourth-order valence-electron chi connectivity index (χ4n) is 3.01. The predicted octanol–water partition coefficient (Wildman–Crippen LogP) is 1.92. The van der Waals surface area contributed by atoms with Crippen LogP contribution in [0.25, 0.3) is 0 Å². The Hall–Kier alpha value is -0.970. The molecule has 0 spiro atoms. The van der Waals surface area contributed by atoms with Crippen LogP contribution in [0.2, 0.25) is 0 Å². The van der Waals surface area contributed by atoms with Crippen LogP contribution in [0, 0.1) is 11.7 Å². The number of aliphatic hydroxyl groups excluding tert-OH is 1. The lowest BCUT2D eigenvalue weighted by Crippen LogP contribution is -2.45. The molecule has 3 unspecified atom stereocenters. The Morgan fingerprint density at radius 2 is 2.11 bits per heavy atom. The summed E-state index contributed by atoms with van der Waals surface area (Å²) in [7, 11) is 0. The summed E-state index contributed by atoms with van der Waals surface area (Å²) in [6.07, 6.45) is 2.15. The Labute approximate surface area is 114 Å². The van der Waals surface area contributed by atoms with Crippen LogP contribution in [0.3, 0.4) is 0 Å². The molecule has 0 radical (unpaired) electrons. The standard InChI is InChI=1S/C15H23FN2O/c1-11(17)15(13-4-6-14(16)7-5-13)18-8-2-3-12(9-18)10-19/h4-7,11-12,15,19H,2-3,8-10,17H2,1H3. The van der Waals surface area contributed by atoms with Crippen LogP contribution in [0.1, 0.15) is 31.4 Å². The van der Waals surface area contributed by atoms with Crippen LogP contribution in [-0.4, -0.2) is 35.7 Å². The van der Waals surface area contributed by atoms with Crippen molar-refractivity contribution in [1.29, 1.82) is 0 Å². The van der Waals surface area contributed by atoms with E-state index in [0.717, 1.165) is 31.5 Å². The SMILES string of the molecule is CC(N)C(c1ccc(F)cc1)N1CCCC(CO)C1. The molecule has 0 bridgehead atoms. The van der Waals surface area contributed by atoms with E-state index < -0.39 is 0 Å². The van der Waals surface area contributed by atoms with Crippen molar-refractivity contribution in [2.24, 2.45) is 11.7 Å². The first-order chi connectivity index (χ1) is 9.11. The zero-order valence-corrected chi connectivity index (χ0v) is 11.4. The van der Waals surface area contributed by atoms with Crippen LogP contribution in [-0.2, 0) is 0 Å². The summed E-state index contributed by atoms with van der Waals surface area (Å²) >= 11 is 0. The molecular formula is C15H23FN2O. The van der Waals surface area contributed by atoms with Gasteiger partial charge in [0.15, 0.2) is 0 Å². The Bertz CT molecular complexity index is 394. The second kappa shape index (κ2) is 6.46. The van der Waals surface area contributed by atoms with Crippen molar-refractivity contribution < 1.29 is 9.50 Å². The number of halogens is 1. The molecule has 1 aliphatic rings. The third kappa shape index (κ3) is 3.53. The van der Waals surface area contributed by atoms with Crippen LogP contribution in [0.4, 0.5) is 4.39 Å². The molecule has 3 nitrogen and oxygen atoms in total. The lowest BCUT2D eigenvalue weighted by Gasteiger charge is -2.39. The minimum atomic E-state index is -0.223. The summed E-state index contributed by atoms with van der Waals surface area (Å²) in [5.74, 6) is 0.106. The molecule has 1 heterocycles. The van der Waals surface area contributed by atoms with Crippen LogP contribution >= 0.6 is 0 Å². The molecule has 0 saturated carbocycles. The summed E-state index contributed by atoms with van der Waals surface area (Å²) in [6, 6.07) is 6.66. The molecule has 1 aromatic rings. The van der Waals surface area contributed by atoms with Crippen molar-refractivity contribution >= 4 is 0 Å². The smallest absolute Gasteiger partial charge is 0.123 e. The van der Waals surface area contributed by atoms with E-state index >= 15 is 0 Å². The van der Waals surface area contributed by atoms with E-state index in [0.29, 0.717) is 5.92 Å². The molecule has 19 heavy (non-hydrogen) atoms. The monoisotopic (exact) mass is 266 g/mol. The van der Waals surface area contributed by atoms with Gasteiger partial charge in [-0.2, -0.15) is 0 Å². The highest BCUT2D eigenvalue weighted by atomic mass is 19.1. The summed E-state index contributed by atoms with van der Waals surface area (Å²) < 4.78 is 13.0. The van der Waals surface area contributed by atoms with Crippen molar-refractivity contribution in [3.8, 4) is 0 Å². The molecule has 1 aromatic carbocycles. The minimum absolute atomic E-state index is 0.0251. The first-order valence-corrected chi connectivity index (χ1v) is 6.97. The lowest BCUT2D eigenvalue weighted by molar-refractivity contribution is 0.0793. The van der Waals surface area contributed by atoms with Gasteiger partial charge in [-0.15, -0.1) is 0 Å². The van der Waals surface area contributed by atoms with Crippen molar-refractivity contribution in [3.63, 3.8) is 0 Å². The Kier molecular flexibility index (Phi) is 4.91. The van der Waals surface area contributed by atoms with Gasteiger partial charge >= 0.3 is 0 Å². The molecule has 1 aliphatic heterocycles. The van der Waals surface area contributed by atoms with Crippen molar-refractivity contribution in [3.05, 3.63) is 35.6 Å². The number of rotatable bonds is 4. The number of likely N-dealkylation sites (tertiary alicyclic amines) is 1. The van der Waals surface area contributed by atoms with E-state index in [9.17, 15) is 9.50 Å². The topological polar surface area (TPSA) is 49.5 Å². The quantitative estimate of drug-likeness (QED) is 0.875. The van der Waals surface area contributed by atoms with Gasteiger partial charge in [-0.3, -0.25) is 4.90 Å². The van der Waals surface area contributed by atoms with Gasteiger partial charge in [0.1, 0.15) is 5.82 Å². The summed E-state index contributed by atoms with van der Waals surface area (Å²) in [6.45, 7) is 4.06. The normalized spacial score (nSPS) is 24.1. The van der Waals surface area contributed by atoms with Crippen molar-refractivity contribution in [1.82, 2.24) is 4.90 Å². The average Bonchev–Trinajstić information content (AvgIpc) is 2.41. The van der Waals surface area contributed by atoms with Gasteiger partial charge in [0.25, 0.3) is 0 Å². The molecule has 3 N–H and O–H groups in total. The number of benzene rings is 1. The van der Waals surface area contributed by atoms with Gasteiger partial charge < -0.3 is 10.8 Å². The molecule has 0 aromatic heterocycles. The van der Waals surface area contributed by atoms with Gasteiger partial charge in [0.05, 0.1) is 0 Å². The van der Waals surface area contributed by atoms with E-state index in [4.69, 9.17) is 5.73 Å².